The van der Waals surface area contributed by atoms with Gasteiger partial charge in [-0.25, -0.2) is 9.97 Å². The average Bonchev–Trinajstić information content (AvgIpc) is 2.82. The molecule has 3 aromatic rings. The van der Waals surface area contributed by atoms with Gasteiger partial charge in [0.25, 0.3) is 0 Å². The van der Waals surface area contributed by atoms with Crippen LogP contribution < -0.4 is 0 Å². The molecule has 2 heterocycles. The number of aryl methyl sites for hydroxylation is 1. The zero-order valence-electron chi connectivity index (χ0n) is 10.6. The minimum absolute atomic E-state index is 0.0108. The highest BCUT2D eigenvalue weighted by atomic mass is 35.5. The first kappa shape index (κ1) is 13.2. The number of nitrogens with zero attached hydrogens (tertiary/aromatic N) is 3. The van der Waals surface area contributed by atoms with Crippen LogP contribution in [0.1, 0.15) is 12.6 Å². The standard InChI is InChI=1S/C14H11Cl2N3O/c1-2-10-11-13(16)17-6-7-19(11)14(18-10)8-4-3-5-9(15)12(8)20/h3-7,20H,2H2,1H3. The topological polar surface area (TPSA) is 50.4 Å². The van der Waals surface area contributed by atoms with Crippen LogP contribution in [-0.4, -0.2) is 19.5 Å². The lowest BCUT2D eigenvalue weighted by molar-refractivity contribution is 0.477. The zero-order valence-corrected chi connectivity index (χ0v) is 12.2. The fourth-order valence-corrected chi connectivity index (χ4v) is 2.63. The van der Waals surface area contributed by atoms with Crippen molar-refractivity contribution in [2.45, 2.75) is 13.3 Å². The molecule has 0 radical (unpaired) electrons. The molecule has 0 fully saturated rings. The molecule has 1 N–H and O–H groups in total. The molecule has 102 valence electrons. The van der Waals surface area contributed by atoms with Crippen molar-refractivity contribution < 1.29 is 5.11 Å². The second kappa shape index (κ2) is 4.96. The number of benzene rings is 1. The van der Waals surface area contributed by atoms with E-state index in [4.69, 9.17) is 23.2 Å². The molecular formula is C14H11Cl2N3O. The summed E-state index contributed by atoms with van der Waals surface area (Å²) < 4.78 is 1.82. The van der Waals surface area contributed by atoms with E-state index in [1.807, 2.05) is 11.3 Å². The Balaban J connectivity index is 2.38. The molecule has 0 aliphatic carbocycles. The largest absolute Gasteiger partial charge is 0.506 e. The fourth-order valence-electron chi connectivity index (χ4n) is 2.20. The molecule has 4 nitrogen and oxygen atoms in total. The number of hydrogen-bond donors (Lipinski definition) is 1. The van der Waals surface area contributed by atoms with E-state index in [0.29, 0.717) is 16.5 Å². The van der Waals surface area contributed by atoms with Gasteiger partial charge in [-0.05, 0) is 18.6 Å². The lowest BCUT2D eigenvalue weighted by Crippen LogP contribution is -1.91. The van der Waals surface area contributed by atoms with Gasteiger partial charge in [0.1, 0.15) is 17.1 Å². The highest BCUT2D eigenvalue weighted by Crippen LogP contribution is 2.36. The second-order valence-electron chi connectivity index (χ2n) is 4.31. The molecule has 6 heteroatoms. The Kier molecular flexibility index (Phi) is 3.28. The number of aromatic nitrogens is 3. The van der Waals surface area contributed by atoms with Gasteiger partial charge in [-0.15, -0.1) is 0 Å². The summed E-state index contributed by atoms with van der Waals surface area (Å²) >= 11 is 12.1. The van der Waals surface area contributed by atoms with Crippen molar-refractivity contribution in [3.8, 4) is 17.1 Å². The third-order valence-corrected chi connectivity index (χ3v) is 3.73. The number of phenolic OH excluding ortho intramolecular Hbond substituents is 1. The quantitative estimate of drug-likeness (QED) is 0.779. The van der Waals surface area contributed by atoms with E-state index in [9.17, 15) is 5.11 Å². The number of phenols is 1. The molecule has 2 aromatic heterocycles. The van der Waals surface area contributed by atoms with Crippen LogP contribution in [0.2, 0.25) is 10.2 Å². The first-order valence-electron chi connectivity index (χ1n) is 6.12. The van der Waals surface area contributed by atoms with Crippen molar-refractivity contribution in [1.82, 2.24) is 14.4 Å². The van der Waals surface area contributed by atoms with E-state index in [1.54, 1.807) is 30.6 Å². The molecule has 0 amide bonds. The second-order valence-corrected chi connectivity index (χ2v) is 5.07. The smallest absolute Gasteiger partial charge is 0.154 e. The molecule has 0 atom stereocenters. The van der Waals surface area contributed by atoms with E-state index >= 15 is 0 Å². The van der Waals surface area contributed by atoms with Crippen LogP contribution in [0.25, 0.3) is 16.9 Å². The summed E-state index contributed by atoms with van der Waals surface area (Å²) in [6.45, 7) is 1.99. The number of halogens is 2. The number of para-hydroxylation sites is 1. The van der Waals surface area contributed by atoms with Crippen molar-refractivity contribution in [3.05, 3.63) is 46.5 Å². The monoisotopic (exact) mass is 307 g/mol. The van der Waals surface area contributed by atoms with Crippen molar-refractivity contribution in [2.24, 2.45) is 0 Å². The number of imidazole rings is 1. The first-order chi connectivity index (χ1) is 9.63. The third kappa shape index (κ3) is 1.92. The van der Waals surface area contributed by atoms with Gasteiger partial charge >= 0.3 is 0 Å². The Labute approximate surface area is 125 Å². The van der Waals surface area contributed by atoms with Crippen LogP contribution in [0.15, 0.2) is 30.6 Å². The van der Waals surface area contributed by atoms with Crippen LogP contribution >= 0.6 is 23.2 Å². The highest BCUT2D eigenvalue weighted by molar-refractivity contribution is 6.33. The maximum Gasteiger partial charge on any atom is 0.154 e. The van der Waals surface area contributed by atoms with Gasteiger partial charge in [-0.3, -0.25) is 4.40 Å². The molecule has 20 heavy (non-hydrogen) atoms. The summed E-state index contributed by atoms with van der Waals surface area (Å²) in [6, 6.07) is 5.17. The normalized spacial score (nSPS) is 11.2. The van der Waals surface area contributed by atoms with E-state index in [-0.39, 0.29) is 10.8 Å². The molecule has 0 unspecified atom stereocenters. The highest BCUT2D eigenvalue weighted by Gasteiger charge is 2.17. The molecule has 0 bridgehead atoms. The predicted octanol–water partition coefficient (Wildman–Crippen LogP) is 3.97. The van der Waals surface area contributed by atoms with Crippen LogP contribution in [-0.2, 0) is 6.42 Å². The molecule has 0 aliphatic heterocycles. The number of rotatable bonds is 2. The van der Waals surface area contributed by atoms with Crippen LogP contribution in [0, 0.1) is 0 Å². The van der Waals surface area contributed by atoms with Gasteiger partial charge in [0.05, 0.1) is 16.3 Å². The molecule has 3 rings (SSSR count). The van der Waals surface area contributed by atoms with Gasteiger partial charge in [0, 0.05) is 12.4 Å². The first-order valence-corrected chi connectivity index (χ1v) is 6.88. The van der Waals surface area contributed by atoms with Crippen molar-refractivity contribution >= 4 is 28.7 Å². The Morgan fingerprint density at radius 1 is 1.30 bits per heavy atom. The summed E-state index contributed by atoms with van der Waals surface area (Å²) in [6.07, 6.45) is 4.08. The van der Waals surface area contributed by atoms with Crippen molar-refractivity contribution in [2.75, 3.05) is 0 Å². The lowest BCUT2D eigenvalue weighted by Gasteiger charge is -2.05. The van der Waals surface area contributed by atoms with E-state index in [0.717, 1.165) is 17.6 Å². The predicted molar refractivity (Wildman–Crippen MR) is 79.5 cm³/mol. The van der Waals surface area contributed by atoms with Gasteiger partial charge in [-0.1, -0.05) is 36.2 Å². The summed E-state index contributed by atoms with van der Waals surface area (Å²) in [5, 5.41) is 10.8. The number of hydrogen-bond acceptors (Lipinski definition) is 3. The molecule has 0 aliphatic rings. The molecule has 0 saturated carbocycles. The van der Waals surface area contributed by atoms with Crippen molar-refractivity contribution in [3.63, 3.8) is 0 Å². The molecule has 1 aromatic carbocycles. The summed E-state index contributed by atoms with van der Waals surface area (Å²) in [5.74, 6) is 0.609. The maximum atomic E-state index is 10.1. The Morgan fingerprint density at radius 2 is 2.10 bits per heavy atom. The third-order valence-electron chi connectivity index (χ3n) is 3.14. The minimum atomic E-state index is 0.0108. The summed E-state index contributed by atoms with van der Waals surface area (Å²) in [5.41, 5.74) is 2.15. The number of fused-ring (bicyclic) bond motifs is 1. The zero-order chi connectivity index (χ0) is 14.3. The van der Waals surface area contributed by atoms with Gasteiger partial charge in [0.15, 0.2) is 5.15 Å². The SMILES string of the molecule is CCc1nc(-c2cccc(Cl)c2O)n2ccnc(Cl)c12. The van der Waals surface area contributed by atoms with Crippen LogP contribution in [0.5, 0.6) is 5.75 Å². The number of aromatic hydroxyl groups is 1. The van der Waals surface area contributed by atoms with E-state index in [1.165, 1.54) is 0 Å². The fraction of sp³-hybridized carbons (Fsp3) is 0.143. The molecular weight excluding hydrogens is 297 g/mol. The molecule has 0 spiro atoms. The Morgan fingerprint density at radius 3 is 2.85 bits per heavy atom. The summed E-state index contributed by atoms with van der Waals surface area (Å²) in [7, 11) is 0. The van der Waals surface area contributed by atoms with E-state index < -0.39 is 0 Å². The Bertz CT molecular complexity index is 798. The van der Waals surface area contributed by atoms with Crippen LogP contribution in [0.3, 0.4) is 0 Å². The van der Waals surface area contributed by atoms with Crippen LogP contribution in [0.4, 0.5) is 0 Å². The van der Waals surface area contributed by atoms with Gasteiger partial charge < -0.3 is 5.11 Å². The lowest BCUT2D eigenvalue weighted by atomic mass is 10.2. The minimum Gasteiger partial charge on any atom is -0.506 e. The van der Waals surface area contributed by atoms with Crippen molar-refractivity contribution in [1.29, 1.82) is 0 Å². The maximum absolute atomic E-state index is 10.1. The average molecular weight is 308 g/mol. The summed E-state index contributed by atoms with van der Waals surface area (Å²) in [4.78, 5) is 8.64. The Hall–Kier alpha value is -1.78. The van der Waals surface area contributed by atoms with E-state index in [2.05, 4.69) is 9.97 Å². The van der Waals surface area contributed by atoms with Gasteiger partial charge in [-0.2, -0.15) is 0 Å². The molecule has 0 saturated heterocycles. The van der Waals surface area contributed by atoms with Gasteiger partial charge in [0.2, 0.25) is 0 Å².